The number of fused-ring (bicyclic) bond motifs is 2. The molecule has 1 N–H and O–H groups in total. The first-order chi connectivity index (χ1) is 9.04. The molecule has 2 heterocycles. The molecule has 1 aromatic carbocycles. The number of aliphatic carboxylic acids is 1. The predicted molar refractivity (Wildman–Crippen MR) is 75.6 cm³/mol. The van der Waals surface area contributed by atoms with Crippen molar-refractivity contribution in [1.82, 2.24) is 0 Å². The lowest BCUT2D eigenvalue weighted by molar-refractivity contribution is -0.142. The Kier molecular flexibility index (Phi) is 3.00. The van der Waals surface area contributed by atoms with Gasteiger partial charge in [0.05, 0.1) is 5.92 Å². The van der Waals surface area contributed by atoms with E-state index in [0.29, 0.717) is 12.1 Å². The third-order valence-corrected chi connectivity index (χ3v) is 4.59. The standard InChI is InChI=1S/C16H21NO2/c1-10-5-11(2)7-15(6-10)17-13-3-4-14(17)9-12(8-13)16(18)19/h5-7,12-14H,3-4,8-9H2,1-2H3,(H,18,19). The number of carboxylic acid groups (broad SMARTS) is 1. The summed E-state index contributed by atoms with van der Waals surface area (Å²) in [5.41, 5.74) is 3.86. The number of benzene rings is 1. The summed E-state index contributed by atoms with van der Waals surface area (Å²) >= 11 is 0. The van der Waals surface area contributed by atoms with E-state index in [2.05, 4.69) is 36.9 Å². The molecule has 2 fully saturated rings. The number of carboxylic acids is 1. The Hall–Kier alpha value is -1.51. The first-order valence-electron chi connectivity index (χ1n) is 7.14. The zero-order chi connectivity index (χ0) is 13.6. The summed E-state index contributed by atoms with van der Waals surface area (Å²) in [7, 11) is 0. The SMILES string of the molecule is Cc1cc(C)cc(N2C3CCC2CC(C(=O)O)C3)c1. The van der Waals surface area contributed by atoms with Crippen molar-refractivity contribution in [3.05, 3.63) is 29.3 Å². The summed E-state index contributed by atoms with van der Waals surface area (Å²) in [5.74, 6) is -0.753. The minimum atomic E-state index is -0.614. The first-order valence-corrected chi connectivity index (χ1v) is 7.14. The molecule has 2 bridgehead atoms. The summed E-state index contributed by atoms with van der Waals surface area (Å²) in [4.78, 5) is 13.7. The molecule has 3 nitrogen and oxygen atoms in total. The Morgan fingerprint density at radius 2 is 1.63 bits per heavy atom. The molecular weight excluding hydrogens is 238 g/mol. The van der Waals surface area contributed by atoms with Gasteiger partial charge in [0.2, 0.25) is 0 Å². The fourth-order valence-electron chi connectivity index (χ4n) is 3.90. The van der Waals surface area contributed by atoms with Crippen LogP contribution in [0.2, 0.25) is 0 Å². The summed E-state index contributed by atoms with van der Waals surface area (Å²) in [6, 6.07) is 7.50. The number of rotatable bonds is 2. The number of nitrogens with zero attached hydrogens (tertiary/aromatic N) is 1. The molecule has 19 heavy (non-hydrogen) atoms. The minimum absolute atomic E-state index is 0.139. The maximum atomic E-state index is 11.2. The van der Waals surface area contributed by atoms with Crippen LogP contribution in [0.1, 0.15) is 36.8 Å². The fraction of sp³-hybridized carbons (Fsp3) is 0.562. The van der Waals surface area contributed by atoms with Gasteiger partial charge in [-0.2, -0.15) is 0 Å². The normalized spacial score (nSPS) is 29.6. The van der Waals surface area contributed by atoms with Gasteiger partial charge < -0.3 is 10.0 Å². The zero-order valence-electron chi connectivity index (χ0n) is 11.6. The molecule has 0 radical (unpaired) electrons. The average molecular weight is 259 g/mol. The molecule has 2 aliphatic rings. The highest BCUT2D eigenvalue weighted by Crippen LogP contribution is 2.42. The topological polar surface area (TPSA) is 40.5 Å². The van der Waals surface area contributed by atoms with Crippen LogP contribution in [0.3, 0.4) is 0 Å². The molecule has 0 saturated carbocycles. The van der Waals surface area contributed by atoms with Crippen LogP contribution in [0, 0.1) is 19.8 Å². The van der Waals surface area contributed by atoms with Crippen molar-refractivity contribution in [3.8, 4) is 0 Å². The van der Waals surface area contributed by atoms with Crippen molar-refractivity contribution < 1.29 is 9.90 Å². The van der Waals surface area contributed by atoms with Gasteiger partial charge in [-0.15, -0.1) is 0 Å². The van der Waals surface area contributed by atoms with Crippen molar-refractivity contribution >= 4 is 11.7 Å². The van der Waals surface area contributed by atoms with Crippen LogP contribution < -0.4 is 4.90 Å². The molecule has 0 spiro atoms. The van der Waals surface area contributed by atoms with Gasteiger partial charge in [-0.25, -0.2) is 0 Å². The maximum absolute atomic E-state index is 11.2. The van der Waals surface area contributed by atoms with Crippen molar-refractivity contribution in [3.63, 3.8) is 0 Å². The van der Waals surface area contributed by atoms with E-state index in [9.17, 15) is 9.90 Å². The van der Waals surface area contributed by atoms with Crippen molar-refractivity contribution in [1.29, 1.82) is 0 Å². The summed E-state index contributed by atoms with van der Waals surface area (Å²) in [5, 5.41) is 9.23. The van der Waals surface area contributed by atoms with Gasteiger partial charge in [-0.05, 0) is 62.8 Å². The van der Waals surface area contributed by atoms with Gasteiger partial charge in [0.15, 0.2) is 0 Å². The molecule has 2 atom stereocenters. The number of hydrogen-bond acceptors (Lipinski definition) is 2. The van der Waals surface area contributed by atoms with Crippen LogP contribution in [0.15, 0.2) is 18.2 Å². The van der Waals surface area contributed by atoms with Crippen molar-refractivity contribution in [2.45, 2.75) is 51.6 Å². The Morgan fingerprint density at radius 1 is 1.11 bits per heavy atom. The smallest absolute Gasteiger partial charge is 0.306 e. The largest absolute Gasteiger partial charge is 0.481 e. The Labute approximate surface area is 114 Å². The third-order valence-electron chi connectivity index (χ3n) is 4.59. The second-order valence-corrected chi connectivity index (χ2v) is 6.14. The van der Waals surface area contributed by atoms with E-state index in [4.69, 9.17) is 0 Å². The Balaban J connectivity index is 1.89. The van der Waals surface area contributed by atoms with Crippen LogP contribution >= 0.6 is 0 Å². The van der Waals surface area contributed by atoms with Crippen molar-refractivity contribution in [2.24, 2.45) is 5.92 Å². The molecule has 102 valence electrons. The van der Waals surface area contributed by atoms with Gasteiger partial charge in [0, 0.05) is 17.8 Å². The average Bonchev–Trinajstić information content (AvgIpc) is 2.58. The lowest BCUT2D eigenvalue weighted by Crippen LogP contribution is -2.44. The quantitative estimate of drug-likeness (QED) is 0.887. The molecule has 0 aliphatic carbocycles. The maximum Gasteiger partial charge on any atom is 0.306 e. The predicted octanol–water partition coefficient (Wildman–Crippen LogP) is 3.14. The number of piperidine rings is 1. The molecule has 2 saturated heterocycles. The second-order valence-electron chi connectivity index (χ2n) is 6.14. The highest BCUT2D eigenvalue weighted by atomic mass is 16.4. The van der Waals surface area contributed by atoms with E-state index in [-0.39, 0.29) is 5.92 Å². The van der Waals surface area contributed by atoms with Crippen LogP contribution in [0.5, 0.6) is 0 Å². The molecular formula is C16H21NO2. The Bertz CT molecular complexity index is 477. The number of anilines is 1. The second kappa shape index (κ2) is 4.55. The van der Waals surface area contributed by atoms with Crippen LogP contribution in [-0.4, -0.2) is 23.2 Å². The van der Waals surface area contributed by atoms with Crippen LogP contribution in [0.25, 0.3) is 0 Å². The molecule has 2 aliphatic heterocycles. The van der Waals surface area contributed by atoms with Gasteiger partial charge in [0.25, 0.3) is 0 Å². The van der Waals surface area contributed by atoms with E-state index in [1.54, 1.807) is 0 Å². The van der Waals surface area contributed by atoms with Crippen LogP contribution in [-0.2, 0) is 4.79 Å². The lowest BCUT2D eigenvalue weighted by Gasteiger charge is -2.39. The molecule has 3 heteroatoms. The van der Waals surface area contributed by atoms with E-state index >= 15 is 0 Å². The summed E-state index contributed by atoms with van der Waals surface area (Å²) in [6.45, 7) is 4.25. The van der Waals surface area contributed by atoms with E-state index < -0.39 is 5.97 Å². The molecule has 3 rings (SSSR count). The van der Waals surface area contributed by atoms with E-state index in [1.165, 1.54) is 16.8 Å². The lowest BCUT2D eigenvalue weighted by atomic mass is 9.90. The van der Waals surface area contributed by atoms with E-state index in [1.807, 2.05) is 0 Å². The summed E-state index contributed by atoms with van der Waals surface area (Å²) in [6.07, 6.45) is 3.89. The number of hydrogen-bond donors (Lipinski definition) is 1. The van der Waals surface area contributed by atoms with Crippen LogP contribution in [0.4, 0.5) is 5.69 Å². The van der Waals surface area contributed by atoms with Gasteiger partial charge in [-0.1, -0.05) is 6.07 Å². The van der Waals surface area contributed by atoms with Gasteiger partial charge in [-0.3, -0.25) is 4.79 Å². The highest BCUT2D eigenvalue weighted by molar-refractivity contribution is 5.71. The van der Waals surface area contributed by atoms with Gasteiger partial charge in [0.1, 0.15) is 0 Å². The summed E-state index contributed by atoms with van der Waals surface area (Å²) < 4.78 is 0. The van der Waals surface area contributed by atoms with Crippen molar-refractivity contribution in [2.75, 3.05) is 4.90 Å². The number of aryl methyl sites for hydroxylation is 2. The molecule has 2 unspecified atom stereocenters. The first kappa shape index (κ1) is 12.5. The minimum Gasteiger partial charge on any atom is -0.481 e. The van der Waals surface area contributed by atoms with Gasteiger partial charge >= 0.3 is 5.97 Å². The molecule has 0 aromatic heterocycles. The Morgan fingerprint density at radius 3 is 2.11 bits per heavy atom. The highest BCUT2D eigenvalue weighted by Gasteiger charge is 2.43. The zero-order valence-corrected chi connectivity index (χ0v) is 11.6. The molecule has 0 amide bonds. The third kappa shape index (κ3) is 2.22. The number of carbonyl (C=O) groups is 1. The van der Waals surface area contributed by atoms with E-state index in [0.717, 1.165) is 25.7 Å². The monoisotopic (exact) mass is 259 g/mol. The fourth-order valence-corrected chi connectivity index (χ4v) is 3.90. The molecule has 1 aromatic rings.